The van der Waals surface area contributed by atoms with Crippen LogP contribution < -0.4 is 15.4 Å². The number of aromatic carboxylic acids is 1. The maximum Gasteiger partial charge on any atom is 0.335 e. The molecule has 0 aliphatic carbocycles. The monoisotopic (exact) mass is 499 g/mol. The normalized spacial score (nSPS) is 14.0. The highest BCUT2D eigenvalue weighted by atomic mass is 16.5. The number of ether oxygens (including phenoxy) is 1. The van der Waals surface area contributed by atoms with Crippen molar-refractivity contribution >= 4 is 35.6 Å². The number of hydrogen-bond donors (Lipinski definition) is 3. The maximum atomic E-state index is 12.9. The first-order chi connectivity index (χ1) is 17.9. The van der Waals surface area contributed by atoms with E-state index in [0.717, 1.165) is 22.4 Å². The highest BCUT2D eigenvalue weighted by Crippen LogP contribution is 2.24. The zero-order valence-corrected chi connectivity index (χ0v) is 20.1. The predicted molar refractivity (Wildman–Crippen MR) is 137 cm³/mol. The van der Waals surface area contributed by atoms with Gasteiger partial charge in [0.1, 0.15) is 24.6 Å². The molecule has 37 heavy (non-hydrogen) atoms. The Bertz CT molecular complexity index is 1380. The number of nitrogens with zero attached hydrogens (tertiary/aromatic N) is 1. The Morgan fingerprint density at radius 1 is 1.00 bits per heavy atom. The minimum Gasteiger partial charge on any atom is -0.488 e. The summed E-state index contributed by atoms with van der Waals surface area (Å²) in [6, 6.07) is 19.9. The highest BCUT2D eigenvalue weighted by molar-refractivity contribution is 6.16. The van der Waals surface area contributed by atoms with Crippen LogP contribution in [0.15, 0.2) is 78.5 Å². The van der Waals surface area contributed by atoms with Crippen molar-refractivity contribution in [2.24, 2.45) is 0 Å². The number of anilines is 1. The summed E-state index contributed by atoms with van der Waals surface area (Å²) in [7, 11) is 0. The van der Waals surface area contributed by atoms with Gasteiger partial charge in [-0.25, -0.2) is 14.5 Å². The molecule has 1 aliphatic rings. The van der Waals surface area contributed by atoms with Crippen LogP contribution in [0.3, 0.4) is 0 Å². The summed E-state index contributed by atoms with van der Waals surface area (Å²) < 4.78 is 5.88. The van der Waals surface area contributed by atoms with Gasteiger partial charge in [-0.3, -0.25) is 9.59 Å². The molecular weight excluding hydrogens is 474 g/mol. The molecule has 1 aliphatic heterocycles. The second kappa shape index (κ2) is 11.2. The standard InChI is InChI=1S/C28H25N3O6/c1-2-19-7-3-5-9-22(19)29-25(32)16-31-26(33)23(30-28(31)36)15-21-8-4-6-10-24(21)37-17-18-11-13-20(14-12-18)27(34)35/h3-15H,2,16-17H2,1H3,(H,29,32)(H,30,36)(H,34,35)/b23-15+. The van der Waals surface area contributed by atoms with E-state index in [2.05, 4.69) is 10.6 Å². The molecule has 1 heterocycles. The summed E-state index contributed by atoms with van der Waals surface area (Å²) in [4.78, 5) is 49.8. The highest BCUT2D eigenvalue weighted by Gasteiger charge is 2.35. The molecule has 9 nitrogen and oxygen atoms in total. The summed E-state index contributed by atoms with van der Waals surface area (Å²) in [5, 5.41) is 14.3. The second-order valence-corrected chi connectivity index (χ2v) is 8.27. The summed E-state index contributed by atoms with van der Waals surface area (Å²) >= 11 is 0. The van der Waals surface area contributed by atoms with E-state index < -0.39 is 30.4 Å². The molecule has 1 fully saturated rings. The minimum atomic E-state index is -1.01. The molecule has 4 rings (SSSR count). The summed E-state index contributed by atoms with van der Waals surface area (Å²) in [5.41, 5.74) is 3.10. The van der Waals surface area contributed by atoms with E-state index in [1.165, 1.54) is 18.2 Å². The van der Waals surface area contributed by atoms with Gasteiger partial charge in [0.2, 0.25) is 5.91 Å². The van der Waals surface area contributed by atoms with Gasteiger partial charge in [0.05, 0.1) is 5.56 Å². The Hall–Kier alpha value is -4.92. The SMILES string of the molecule is CCc1ccccc1NC(=O)CN1C(=O)N/C(=C/c2ccccc2OCc2ccc(C(=O)O)cc2)C1=O. The lowest BCUT2D eigenvalue weighted by molar-refractivity contribution is -0.127. The lowest BCUT2D eigenvalue weighted by Gasteiger charge is -2.13. The number of carbonyl (C=O) groups excluding carboxylic acids is 3. The fourth-order valence-corrected chi connectivity index (χ4v) is 3.79. The van der Waals surface area contributed by atoms with Gasteiger partial charge in [-0.15, -0.1) is 0 Å². The van der Waals surface area contributed by atoms with Crippen LogP contribution >= 0.6 is 0 Å². The van der Waals surface area contributed by atoms with Gasteiger partial charge >= 0.3 is 12.0 Å². The van der Waals surface area contributed by atoms with E-state index in [-0.39, 0.29) is 17.9 Å². The number of imide groups is 1. The number of aryl methyl sites for hydroxylation is 1. The number of amides is 4. The van der Waals surface area contributed by atoms with Crippen molar-refractivity contribution in [2.75, 3.05) is 11.9 Å². The van der Waals surface area contributed by atoms with E-state index >= 15 is 0 Å². The van der Waals surface area contributed by atoms with Crippen LogP contribution in [0.1, 0.15) is 34.0 Å². The van der Waals surface area contributed by atoms with E-state index in [1.54, 1.807) is 48.5 Å². The summed E-state index contributed by atoms with van der Waals surface area (Å²) in [5.74, 6) is -1.65. The summed E-state index contributed by atoms with van der Waals surface area (Å²) in [6.45, 7) is 1.71. The topological polar surface area (TPSA) is 125 Å². The molecule has 0 aromatic heterocycles. The van der Waals surface area contributed by atoms with E-state index in [0.29, 0.717) is 17.0 Å². The first-order valence-corrected chi connectivity index (χ1v) is 11.6. The number of hydrogen-bond acceptors (Lipinski definition) is 5. The first-order valence-electron chi connectivity index (χ1n) is 11.6. The van der Waals surface area contributed by atoms with Gasteiger partial charge in [-0.2, -0.15) is 0 Å². The van der Waals surface area contributed by atoms with Crippen molar-refractivity contribution in [2.45, 2.75) is 20.0 Å². The Morgan fingerprint density at radius 2 is 1.70 bits per heavy atom. The number of carboxylic acid groups (broad SMARTS) is 1. The molecular formula is C28H25N3O6. The molecule has 3 aromatic carbocycles. The number of nitrogens with one attached hydrogen (secondary N) is 2. The van der Waals surface area contributed by atoms with Gasteiger partial charge in [-0.1, -0.05) is 55.5 Å². The molecule has 188 valence electrons. The van der Waals surface area contributed by atoms with Gasteiger partial charge in [0, 0.05) is 11.3 Å². The lowest BCUT2D eigenvalue weighted by atomic mass is 10.1. The molecule has 0 unspecified atom stereocenters. The van der Waals surface area contributed by atoms with Crippen molar-refractivity contribution in [3.05, 3.63) is 101 Å². The van der Waals surface area contributed by atoms with Crippen molar-refractivity contribution < 1.29 is 29.0 Å². The Morgan fingerprint density at radius 3 is 2.43 bits per heavy atom. The van der Waals surface area contributed by atoms with Crippen molar-refractivity contribution in [1.29, 1.82) is 0 Å². The van der Waals surface area contributed by atoms with Crippen molar-refractivity contribution in [3.8, 4) is 5.75 Å². The average Bonchev–Trinajstić information content (AvgIpc) is 3.16. The predicted octanol–water partition coefficient (Wildman–Crippen LogP) is 4.06. The molecule has 3 aromatic rings. The number of para-hydroxylation sites is 2. The third-order valence-corrected chi connectivity index (χ3v) is 5.75. The smallest absolute Gasteiger partial charge is 0.335 e. The van der Waals surface area contributed by atoms with Gasteiger partial charge in [-0.05, 0) is 47.9 Å². The fourth-order valence-electron chi connectivity index (χ4n) is 3.79. The second-order valence-electron chi connectivity index (χ2n) is 8.27. The molecule has 3 N–H and O–H groups in total. The number of benzene rings is 3. The third kappa shape index (κ3) is 6.02. The molecule has 0 spiro atoms. The fraction of sp³-hybridized carbons (Fsp3) is 0.143. The van der Waals surface area contributed by atoms with Crippen LogP contribution in [0.5, 0.6) is 5.75 Å². The molecule has 4 amide bonds. The number of rotatable bonds is 9. The van der Waals surface area contributed by atoms with Crippen LogP contribution in [0.4, 0.5) is 10.5 Å². The van der Waals surface area contributed by atoms with Crippen LogP contribution in [0.25, 0.3) is 6.08 Å². The van der Waals surface area contributed by atoms with Crippen LogP contribution in [0, 0.1) is 0 Å². The van der Waals surface area contributed by atoms with Crippen molar-refractivity contribution in [3.63, 3.8) is 0 Å². The summed E-state index contributed by atoms with van der Waals surface area (Å²) in [6.07, 6.45) is 2.22. The molecule has 0 bridgehead atoms. The number of carbonyl (C=O) groups is 4. The Labute approximate surface area is 213 Å². The van der Waals surface area contributed by atoms with Gasteiger partial charge in [0.15, 0.2) is 0 Å². The average molecular weight is 500 g/mol. The number of urea groups is 1. The van der Waals surface area contributed by atoms with Crippen LogP contribution in [0.2, 0.25) is 0 Å². The van der Waals surface area contributed by atoms with E-state index in [9.17, 15) is 19.2 Å². The molecule has 1 saturated heterocycles. The Balaban J connectivity index is 1.44. The van der Waals surface area contributed by atoms with Crippen molar-refractivity contribution in [1.82, 2.24) is 10.2 Å². The zero-order valence-electron chi connectivity index (χ0n) is 20.1. The minimum absolute atomic E-state index is 0.0219. The molecule has 0 radical (unpaired) electrons. The van der Waals surface area contributed by atoms with Gasteiger partial charge < -0.3 is 20.5 Å². The van der Waals surface area contributed by atoms with E-state index in [1.807, 2.05) is 19.1 Å². The largest absolute Gasteiger partial charge is 0.488 e. The van der Waals surface area contributed by atoms with Crippen LogP contribution in [-0.4, -0.2) is 40.4 Å². The molecule has 9 heteroatoms. The van der Waals surface area contributed by atoms with Crippen LogP contribution in [-0.2, 0) is 22.6 Å². The number of carboxylic acids is 1. The third-order valence-electron chi connectivity index (χ3n) is 5.75. The molecule has 0 saturated carbocycles. The maximum absolute atomic E-state index is 12.9. The van der Waals surface area contributed by atoms with Gasteiger partial charge in [0.25, 0.3) is 5.91 Å². The quantitative estimate of drug-likeness (QED) is 0.301. The zero-order chi connectivity index (χ0) is 26.4. The molecule has 0 atom stereocenters. The Kier molecular flexibility index (Phi) is 7.63. The first kappa shape index (κ1) is 25.2. The van der Waals surface area contributed by atoms with E-state index in [4.69, 9.17) is 9.84 Å². The lowest BCUT2D eigenvalue weighted by Crippen LogP contribution is -2.38.